The van der Waals surface area contributed by atoms with Gasteiger partial charge in [-0.1, -0.05) is 17.7 Å². The molecule has 0 atom stereocenters. The Balaban J connectivity index is 2.44. The number of ether oxygens (including phenoxy) is 1. The van der Waals surface area contributed by atoms with E-state index in [1.165, 1.54) is 6.07 Å². The molecule has 0 unspecified atom stereocenters. The summed E-state index contributed by atoms with van der Waals surface area (Å²) in [5.74, 6) is -2.05. The van der Waals surface area contributed by atoms with Gasteiger partial charge in [0, 0.05) is 0 Å². The zero-order chi connectivity index (χ0) is 16.5. The Morgan fingerprint density at radius 1 is 1.32 bits per heavy atom. The van der Waals surface area contributed by atoms with Gasteiger partial charge in [-0.25, -0.2) is 4.79 Å². The van der Waals surface area contributed by atoms with Gasteiger partial charge in [-0.05, 0) is 40.8 Å². The standard InChI is InChI=1S/C12H5ClF3IN2O3/c13-9-8(17)7(11(20)21)10(19-18-9)22-6-3-1-2-5(4-6)12(14,15)16/h1-4H,(H,20,21). The fraction of sp³-hybridized carbons (Fsp3) is 0.0833. The van der Waals surface area contributed by atoms with Gasteiger partial charge in [0.1, 0.15) is 11.3 Å². The van der Waals surface area contributed by atoms with Crippen molar-refractivity contribution < 1.29 is 27.8 Å². The highest BCUT2D eigenvalue weighted by atomic mass is 127. The predicted molar refractivity (Wildman–Crippen MR) is 78.2 cm³/mol. The maximum Gasteiger partial charge on any atom is 0.416 e. The monoisotopic (exact) mass is 444 g/mol. The second kappa shape index (κ2) is 6.24. The lowest BCUT2D eigenvalue weighted by atomic mass is 10.2. The molecule has 0 aliphatic heterocycles. The molecule has 116 valence electrons. The highest BCUT2D eigenvalue weighted by Crippen LogP contribution is 2.34. The van der Waals surface area contributed by atoms with Crippen molar-refractivity contribution in [2.75, 3.05) is 0 Å². The third kappa shape index (κ3) is 3.58. The number of carboxylic acid groups (broad SMARTS) is 1. The average Bonchev–Trinajstić information content (AvgIpc) is 2.42. The Morgan fingerprint density at radius 3 is 2.59 bits per heavy atom. The van der Waals surface area contributed by atoms with Crippen LogP contribution in [0.5, 0.6) is 11.6 Å². The fourth-order valence-corrected chi connectivity index (χ4v) is 2.19. The minimum absolute atomic E-state index is 0.0729. The van der Waals surface area contributed by atoms with Gasteiger partial charge in [-0.3, -0.25) is 0 Å². The molecule has 5 nitrogen and oxygen atoms in total. The smallest absolute Gasteiger partial charge is 0.416 e. The summed E-state index contributed by atoms with van der Waals surface area (Å²) in [6.07, 6.45) is -4.55. The van der Waals surface area contributed by atoms with Gasteiger partial charge in [0.25, 0.3) is 5.88 Å². The molecular formula is C12H5ClF3IN2O3. The van der Waals surface area contributed by atoms with Crippen molar-refractivity contribution in [2.45, 2.75) is 6.18 Å². The van der Waals surface area contributed by atoms with Gasteiger partial charge < -0.3 is 9.84 Å². The number of rotatable bonds is 3. The number of aromatic nitrogens is 2. The first-order chi connectivity index (χ1) is 10.2. The van der Waals surface area contributed by atoms with Crippen molar-refractivity contribution >= 4 is 40.2 Å². The molecule has 0 bridgehead atoms. The maximum absolute atomic E-state index is 12.6. The summed E-state index contributed by atoms with van der Waals surface area (Å²) in [6, 6.07) is 3.97. The quantitative estimate of drug-likeness (QED) is 0.717. The van der Waals surface area contributed by atoms with Gasteiger partial charge in [0.05, 0.1) is 9.13 Å². The van der Waals surface area contributed by atoms with Gasteiger partial charge in [0.15, 0.2) is 5.15 Å². The van der Waals surface area contributed by atoms with Crippen LogP contribution in [0.25, 0.3) is 0 Å². The molecule has 22 heavy (non-hydrogen) atoms. The Kier molecular flexibility index (Phi) is 4.75. The number of aromatic carboxylic acids is 1. The summed E-state index contributed by atoms with van der Waals surface area (Å²) in [5.41, 5.74) is -1.31. The van der Waals surface area contributed by atoms with Gasteiger partial charge >= 0.3 is 12.1 Å². The van der Waals surface area contributed by atoms with Crippen molar-refractivity contribution in [3.63, 3.8) is 0 Å². The number of benzene rings is 1. The lowest BCUT2D eigenvalue weighted by Crippen LogP contribution is -2.08. The summed E-state index contributed by atoms with van der Waals surface area (Å²) < 4.78 is 43.1. The van der Waals surface area contributed by atoms with Crippen LogP contribution in [0.3, 0.4) is 0 Å². The molecule has 1 aromatic heterocycles. The van der Waals surface area contributed by atoms with E-state index < -0.39 is 23.6 Å². The number of hydrogen-bond donors (Lipinski definition) is 1. The van der Waals surface area contributed by atoms with E-state index in [0.717, 1.165) is 18.2 Å². The number of hydrogen-bond acceptors (Lipinski definition) is 4. The van der Waals surface area contributed by atoms with Crippen molar-refractivity contribution in [1.82, 2.24) is 10.2 Å². The molecule has 0 fully saturated rings. The molecule has 0 spiro atoms. The van der Waals surface area contributed by atoms with E-state index in [1.54, 1.807) is 22.6 Å². The van der Waals surface area contributed by atoms with Crippen LogP contribution in [0.1, 0.15) is 15.9 Å². The highest BCUT2D eigenvalue weighted by molar-refractivity contribution is 14.1. The van der Waals surface area contributed by atoms with E-state index in [0.29, 0.717) is 0 Å². The van der Waals surface area contributed by atoms with Crippen molar-refractivity contribution in [3.05, 3.63) is 44.1 Å². The Bertz CT molecular complexity index is 740. The summed E-state index contributed by atoms with van der Waals surface area (Å²) in [5, 5.41) is 16.0. The molecule has 10 heteroatoms. The number of nitrogens with zero attached hydrogens (tertiary/aromatic N) is 2. The van der Waals surface area contributed by atoms with Crippen LogP contribution >= 0.6 is 34.2 Å². The lowest BCUT2D eigenvalue weighted by Gasteiger charge is -2.11. The second-order valence-electron chi connectivity index (χ2n) is 3.92. The largest absolute Gasteiger partial charge is 0.477 e. The molecule has 0 radical (unpaired) electrons. The fourth-order valence-electron chi connectivity index (χ4n) is 1.48. The maximum atomic E-state index is 12.6. The first kappa shape index (κ1) is 16.7. The van der Waals surface area contributed by atoms with E-state index in [2.05, 4.69) is 10.2 Å². The van der Waals surface area contributed by atoms with Crippen molar-refractivity contribution in [1.29, 1.82) is 0 Å². The number of alkyl halides is 3. The third-order valence-electron chi connectivity index (χ3n) is 2.43. The number of carboxylic acids is 1. The third-order valence-corrected chi connectivity index (χ3v) is 4.07. The number of carbonyl (C=O) groups is 1. The first-order valence-electron chi connectivity index (χ1n) is 5.50. The summed E-state index contributed by atoms with van der Waals surface area (Å²) >= 11 is 7.30. The molecule has 2 aromatic rings. The molecule has 1 aromatic carbocycles. The molecule has 1 heterocycles. The SMILES string of the molecule is O=C(O)c1c(Oc2cccc(C(F)(F)F)c2)nnc(Cl)c1I. The van der Waals surface area contributed by atoms with Crippen LogP contribution in [0, 0.1) is 3.57 Å². The molecule has 2 rings (SSSR count). The van der Waals surface area contributed by atoms with Gasteiger partial charge in [-0.15, -0.1) is 10.2 Å². The molecular weight excluding hydrogens is 439 g/mol. The lowest BCUT2D eigenvalue weighted by molar-refractivity contribution is -0.137. The predicted octanol–water partition coefficient (Wildman–Crippen LogP) is 4.24. The van der Waals surface area contributed by atoms with Crippen LogP contribution in [0.4, 0.5) is 13.2 Å². The second-order valence-corrected chi connectivity index (χ2v) is 5.35. The van der Waals surface area contributed by atoms with Crippen LogP contribution in [0.2, 0.25) is 5.15 Å². The van der Waals surface area contributed by atoms with E-state index >= 15 is 0 Å². The van der Waals surface area contributed by atoms with E-state index in [1.807, 2.05) is 0 Å². The summed E-state index contributed by atoms with van der Waals surface area (Å²) in [6.45, 7) is 0. The topological polar surface area (TPSA) is 72.3 Å². The average molecular weight is 445 g/mol. The zero-order valence-corrected chi connectivity index (χ0v) is 13.3. The van der Waals surface area contributed by atoms with Crippen molar-refractivity contribution in [2.24, 2.45) is 0 Å². The molecule has 0 saturated carbocycles. The molecule has 0 amide bonds. The molecule has 0 saturated heterocycles. The Morgan fingerprint density at radius 2 is 2.00 bits per heavy atom. The minimum Gasteiger partial charge on any atom is -0.477 e. The Hall–Kier alpha value is -1.62. The van der Waals surface area contributed by atoms with Crippen LogP contribution in [-0.2, 0) is 6.18 Å². The zero-order valence-electron chi connectivity index (χ0n) is 10.4. The van der Waals surface area contributed by atoms with Crippen LogP contribution < -0.4 is 4.74 Å². The molecule has 0 aliphatic rings. The van der Waals surface area contributed by atoms with E-state index in [-0.39, 0.29) is 20.0 Å². The van der Waals surface area contributed by atoms with E-state index in [4.69, 9.17) is 21.4 Å². The van der Waals surface area contributed by atoms with Gasteiger partial charge in [0.2, 0.25) is 0 Å². The van der Waals surface area contributed by atoms with Crippen LogP contribution in [0.15, 0.2) is 24.3 Å². The molecule has 0 aliphatic carbocycles. The highest BCUT2D eigenvalue weighted by Gasteiger charge is 2.31. The minimum atomic E-state index is -4.55. The van der Waals surface area contributed by atoms with Crippen LogP contribution in [-0.4, -0.2) is 21.3 Å². The van der Waals surface area contributed by atoms with Gasteiger partial charge in [-0.2, -0.15) is 13.2 Å². The number of halogens is 5. The summed E-state index contributed by atoms with van der Waals surface area (Å²) in [7, 11) is 0. The summed E-state index contributed by atoms with van der Waals surface area (Å²) in [4.78, 5) is 11.2. The molecule has 1 N–H and O–H groups in total. The first-order valence-corrected chi connectivity index (χ1v) is 6.96. The van der Waals surface area contributed by atoms with E-state index in [9.17, 15) is 18.0 Å². The van der Waals surface area contributed by atoms with Crippen molar-refractivity contribution in [3.8, 4) is 11.6 Å². The normalized spacial score (nSPS) is 11.3. The Labute approximate surface area is 140 Å².